The highest BCUT2D eigenvalue weighted by Gasteiger charge is 2.43. The van der Waals surface area contributed by atoms with E-state index >= 15 is 0 Å². The smallest absolute Gasteiger partial charge is 0.0662 e. The van der Waals surface area contributed by atoms with Gasteiger partial charge in [-0.1, -0.05) is 0 Å². The van der Waals surface area contributed by atoms with E-state index in [-0.39, 0.29) is 24.3 Å². The van der Waals surface area contributed by atoms with Gasteiger partial charge in [0.2, 0.25) is 0 Å². The van der Waals surface area contributed by atoms with Gasteiger partial charge in [0.05, 0.1) is 12.7 Å². The van der Waals surface area contributed by atoms with E-state index in [0.717, 1.165) is 12.8 Å². The summed E-state index contributed by atoms with van der Waals surface area (Å²) in [5, 5.41) is 21.3. The Morgan fingerprint density at radius 1 is 1.45 bits per heavy atom. The maximum absolute atomic E-state index is 9.16. The molecule has 1 rings (SSSR count). The van der Waals surface area contributed by atoms with Gasteiger partial charge in [-0.25, -0.2) is 0 Å². The van der Waals surface area contributed by atoms with Crippen LogP contribution in [0.4, 0.5) is 0 Å². The minimum Gasteiger partial charge on any atom is -0.394 e. The van der Waals surface area contributed by atoms with E-state index in [9.17, 15) is 0 Å². The fourth-order valence-corrected chi connectivity index (χ4v) is 1.10. The lowest BCUT2D eigenvalue weighted by Gasteiger charge is -2.22. The minimum absolute atomic E-state index is 0.0591. The molecule has 3 nitrogen and oxygen atoms in total. The van der Waals surface area contributed by atoms with Crippen LogP contribution in [-0.4, -0.2) is 34.5 Å². The van der Waals surface area contributed by atoms with Gasteiger partial charge >= 0.3 is 0 Å². The van der Waals surface area contributed by atoms with E-state index in [1.165, 1.54) is 0 Å². The molecule has 11 heavy (non-hydrogen) atoms. The maximum atomic E-state index is 9.16. The van der Waals surface area contributed by atoms with E-state index in [4.69, 9.17) is 10.2 Å². The Hall–Kier alpha value is -0.120. The van der Waals surface area contributed by atoms with Crippen molar-refractivity contribution in [2.45, 2.75) is 44.4 Å². The van der Waals surface area contributed by atoms with Crippen LogP contribution >= 0.6 is 0 Å². The second-order valence-corrected chi connectivity index (χ2v) is 3.61. The second kappa shape index (κ2) is 3.09. The van der Waals surface area contributed by atoms with Crippen LogP contribution in [0.2, 0.25) is 0 Å². The van der Waals surface area contributed by atoms with Crippen LogP contribution in [-0.2, 0) is 0 Å². The predicted molar refractivity (Wildman–Crippen MR) is 43.3 cm³/mol. The number of hydrogen-bond acceptors (Lipinski definition) is 3. The summed E-state index contributed by atoms with van der Waals surface area (Å²) < 4.78 is 0. The Kier molecular flexibility index (Phi) is 2.52. The Morgan fingerprint density at radius 2 is 2.00 bits per heavy atom. The molecule has 2 atom stereocenters. The highest BCUT2D eigenvalue weighted by molar-refractivity contribution is 5.03. The zero-order chi connectivity index (χ0) is 8.48. The molecule has 0 saturated heterocycles. The van der Waals surface area contributed by atoms with Gasteiger partial charge in [0.15, 0.2) is 0 Å². The van der Waals surface area contributed by atoms with Crippen molar-refractivity contribution >= 4 is 0 Å². The Labute approximate surface area is 67.4 Å². The second-order valence-electron chi connectivity index (χ2n) is 3.61. The molecule has 1 saturated carbocycles. The molecule has 1 aliphatic rings. The summed E-state index contributed by atoms with van der Waals surface area (Å²) in [5.41, 5.74) is -0.0591. The summed E-state index contributed by atoms with van der Waals surface area (Å²) in [4.78, 5) is 0. The molecule has 2 unspecified atom stereocenters. The van der Waals surface area contributed by atoms with Crippen molar-refractivity contribution in [2.24, 2.45) is 0 Å². The Bertz CT molecular complexity index is 132. The topological polar surface area (TPSA) is 52.5 Å². The molecule has 0 aromatic heterocycles. The normalized spacial score (nSPS) is 26.2. The lowest BCUT2D eigenvalue weighted by atomic mass is 10.1. The molecule has 1 fully saturated rings. The van der Waals surface area contributed by atoms with Gasteiger partial charge in [-0.2, -0.15) is 0 Å². The minimum atomic E-state index is -0.348. The molecule has 0 amide bonds. The summed E-state index contributed by atoms with van der Waals surface area (Å²) in [5.74, 6) is 0. The molecular weight excluding hydrogens is 142 g/mol. The first-order valence-corrected chi connectivity index (χ1v) is 4.16. The lowest BCUT2D eigenvalue weighted by Crippen LogP contribution is -2.45. The number of aliphatic hydroxyl groups is 2. The molecule has 0 aromatic carbocycles. The molecule has 3 heteroatoms. The monoisotopic (exact) mass is 159 g/mol. The molecule has 3 N–H and O–H groups in total. The molecule has 1 aliphatic carbocycles. The average Bonchev–Trinajstić information content (AvgIpc) is 2.69. The molecule has 66 valence electrons. The lowest BCUT2D eigenvalue weighted by molar-refractivity contribution is 0.129. The van der Waals surface area contributed by atoms with Gasteiger partial charge in [0.1, 0.15) is 0 Å². The van der Waals surface area contributed by atoms with Crippen LogP contribution in [0.5, 0.6) is 0 Å². The standard InChI is InChI=1S/C8H17NO2/c1-6(7(2)11)9-8(5-10)3-4-8/h6-7,9-11H,3-5H2,1-2H3. The van der Waals surface area contributed by atoms with Crippen molar-refractivity contribution in [1.29, 1.82) is 0 Å². The zero-order valence-electron chi connectivity index (χ0n) is 7.17. The summed E-state index contributed by atoms with van der Waals surface area (Å²) in [6.45, 7) is 3.87. The van der Waals surface area contributed by atoms with Crippen molar-refractivity contribution in [1.82, 2.24) is 5.32 Å². The molecule has 0 spiro atoms. The molecule has 0 radical (unpaired) electrons. The third kappa shape index (κ3) is 2.15. The molecule has 0 heterocycles. The van der Waals surface area contributed by atoms with E-state index in [1.807, 2.05) is 6.92 Å². The summed E-state index contributed by atoms with van der Waals surface area (Å²) >= 11 is 0. The van der Waals surface area contributed by atoms with Crippen LogP contribution in [0.3, 0.4) is 0 Å². The number of aliphatic hydroxyl groups excluding tert-OH is 2. The van der Waals surface area contributed by atoms with Crippen molar-refractivity contribution in [3.8, 4) is 0 Å². The quantitative estimate of drug-likeness (QED) is 0.535. The summed E-state index contributed by atoms with van der Waals surface area (Å²) in [6, 6.07) is 0.0737. The van der Waals surface area contributed by atoms with Crippen LogP contribution in [0, 0.1) is 0 Å². The molecule has 0 aliphatic heterocycles. The van der Waals surface area contributed by atoms with Gasteiger partial charge in [-0.3, -0.25) is 0 Å². The van der Waals surface area contributed by atoms with Gasteiger partial charge in [-0.15, -0.1) is 0 Å². The van der Waals surface area contributed by atoms with Crippen molar-refractivity contribution in [3.63, 3.8) is 0 Å². The first kappa shape index (κ1) is 8.97. The van der Waals surface area contributed by atoms with E-state index < -0.39 is 0 Å². The van der Waals surface area contributed by atoms with Gasteiger partial charge in [0.25, 0.3) is 0 Å². The van der Waals surface area contributed by atoms with Crippen LogP contribution in [0.25, 0.3) is 0 Å². The van der Waals surface area contributed by atoms with Crippen molar-refractivity contribution < 1.29 is 10.2 Å². The van der Waals surface area contributed by atoms with Crippen molar-refractivity contribution in [3.05, 3.63) is 0 Å². The van der Waals surface area contributed by atoms with Crippen LogP contribution in [0.1, 0.15) is 26.7 Å². The average molecular weight is 159 g/mol. The third-order valence-corrected chi connectivity index (χ3v) is 2.41. The zero-order valence-corrected chi connectivity index (χ0v) is 7.17. The van der Waals surface area contributed by atoms with Gasteiger partial charge < -0.3 is 15.5 Å². The SMILES string of the molecule is CC(O)C(C)NC1(CO)CC1. The Balaban J connectivity index is 2.30. The number of nitrogens with one attached hydrogen (secondary N) is 1. The molecule has 0 bridgehead atoms. The number of hydrogen-bond donors (Lipinski definition) is 3. The van der Waals surface area contributed by atoms with E-state index in [1.54, 1.807) is 6.92 Å². The first-order valence-electron chi connectivity index (χ1n) is 4.16. The summed E-state index contributed by atoms with van der Waals surface area (Å²) in [7, 11) is 0. The predicted octanol–water partition coefficient (Wildman–Crippen LogP) is -0.130. The van der Waals surface area contributed by atoms with Gasteiger partial charge in [0, 0.05) is 11.6 Å². The largest absolute Gasteiger partial charge is 0.394 e. The highest BCUT2D eigenvalue weighted by atomic mass is 16.3. The highest BCUT2D eigenvalue weighted by Crippen LogP contribution is 2.35. The van der Waals surface area contributed by atoms with E-state index in [0.29, 0.717) is 0 Å². The molecular formula is C8H17NO2. The Morgan fingerprint density at radius 3 is 2.27 bits per heavy atom. The summed E-state index contributed by atoms with van der Waals surface area (Å²) in [6.07, 6.45) is 1.71. The van der Waals surface area contributed by atoms with Gasteiger partial charge in [-0.05, 0) is 26.7 Å². The fraction of sp³-hybridized carbons (Fsp3) is 1.00. The van der Waals surface area contributed by atoms with Crippen LogP contribution in [0.15, 0.2) is 0 Å². The first-order chi connectivity index (χ1) is 5.09. The third-order valence-electron chi connectivity index (χ3n) is 2.41. The van der Waals surface area contributed by atoms with Crippen molar-refractivity contribution in [2.75, 3.05) is 6.61 Å². The fourth-order valence-electron chi connectivity index (χ4n) is 1.10. The molecule has 0 aromatic rings. The number of rotatable bonds is 4. The van der Waals surface area contributed by atoms with Crippen LogP contribution < -0.4 is 5.32 Å². The maximum Gasteiger partial charge on any atom is 0.0662 e. The van der Waals surface area contributed by atoms with E-state index in [2.05, 4.69) is 5.32 Å².